The first-order valence-corrected chi connectivity index (χ1v) is 18.8. The van der Waals surface area contributed by atoms with E-state index in [0.717, 1.165) is 55.8 Å². The molecule has 0 unspecified atom stereocenters. The summed E-state index contributed by atoms with van der Waals surface area (Å²) in [5.74, 6) is 0. The third kappa shape index (κ3) is 5.20. The summed E-state index contributed by atoms with van der Waals surface area (Å²) < 4.78 is 9.02. The molecule has 0 atom stereocenters. The van der Waals surface area contributed by atoms with Crippen LogP contribution in [0.1, 0.15) is 0 Å². The summed E-state index contributed by atoms with van der Waals surface area (Å²) in [5, 5.41) is 7.20. The Morgan fingerprint density at radius 1 is 0.364 bits per heavy atom. The first-order chi connectivity index (χ1) is 27.3. The molecule has 2 aromatic heterocycles. The van der Waals surface area contributed by atoms with E-state index < -0.39 is 0 Å². The zero-order chi connectivity index (χ0) is 36.3. The number of furan rings is 1. The number of nitrogens with zero attached hydrogens (tertiary/aromatic N) is 2. The largest absolute Gasteiger partial charge is 0.456 e. The molecule has 258 valence electrons. The number of para-hydroxylation sites is 3. The van der Waals surface area contributed by atoms with Crippen LogP contribution in [0.25, 0.3) is 82.5 Å². The predicted molar refractivity (Wildman–Crippen MR) is 231 cm³/mol. The Morgan fingerprint density at radius 3 is 1.80 bits per heavy atom. The van der Waals surface area contributed by atoms with Crippen LogP contribution in [-0.2, 0) is 0 Å². The minimum Gasteiger partial charge on any atom is -0.456 e. The van der Waals surface area contributed by atoms with Crippen molar-refractivity contribution in [2.75, 3.05) is 4.90 Å². The summed E-state index contributed by atoms with van der Waals surface area (Å²) in [4.78, 5) is 2.36. The molecule has 0 aliphatic heterocycles. The van der Waals surface area contributed by atoms with Gasteiger partial charge in [-0.1, -0.05) is 140 Å². The third-order valence-corrected chi connectivity index (χ3v) is 10.9. The smallest absolute Gasteiger partial charge is 0.138 e. The highest BCUT2D eigenvalue weighted by Gasteiger charge is 2.21. The van der Waals surface area contributed by atoms with Crippen LogP contribution in [-0.4, -0.2) is 4.57 Å². The number of fused-ring (bicyclic) bond motifs is 7. The molecule has 0 spiro atoms. The maximum Gasteiger partial charge on any atom is 0.138 e. The normalized spacial score (nSPS) is 11.6. The van der Waals surface area contributed by atoms with Gasteiger partial charge in [-0.05, 0) is 93.7 Å². The van der Waals surface area contributed by atoms with E-state index in [9.17, 15) is 0 Å². The van der Waals surface area contributed by atoms with E-state index in [-0.39, 0.29) is 0 Å². The molecule has 0 amide bonds. The van der Waals surface area contributed by atoms with Gasteiger partial charge in [-0.3, -0.25) is 0 Å². The van der Waals surface area contributed by atoms with Crippen LogP contribution < -0.4 is 4.90 Å². The standard InChI is InChI=1S/C52H34N2O/c1-2-14-37(15-3-1)47-33-43(34-51-52(47)46-21-8-11-24-50(46)55-51)53(40-29-27-36(28-30-40)39-26-25-35-13-4-5-16-38(35)31-39)41-17-12-18-42(32-41)54-48-22-9-6-19-44(48)45-20-7-10-23-49(45)54/h1-34H. The molecule has 3 heteroatoms. The Labute approximate surface area is 318 Å². The van der Waals surface area contributed by atoms with Crippen LogP contribution in [0.4, 0.5) is 17.1 Å². The van der Waals surface area contributed by atoms with E-state index in [1.165, 1.54) is 43.7 Å². The molecule has 0 aliphatic rings. The number of hydrogen-bond acceptors (Lipinski definition) is 2. The molecule has 0 bridgehead atoms. The lowest BCUT2D eigenvalue weighted by Crippen LogP contribution is -2.11. The van der Waals surface area contributed by atoms with Gasteiger partial charge in [0.15, 0.2) is 0 Å². The Bertz CT molecular complexity index is 3150. The summed E-state index contributed by atoms with van der Waals surface area (Å²) in [7, 11) is 0. The summed E-state index contributed by atoms with van der Waals surface area (Å²) in [6.07, 6.45) is 0. The first kappa shape index (κ1) is 31.2. The molecule has 0 aliphatic carbocycles. The highest BCUT2D eigenvalue weighted by molar-refractivity contribution is 6.14. The zero-order valence-electron chi connectivity index (χ0n) is 29.9. The van der Waals surface area contributed by atoms with Crippen molar-refractivity contribution in [2.24, 2.45) is 0 Å². The maximum atomic E-state index is 6.64. The second-order valence-corrected chi connectivity index (χ2v) is 14.2. The average Bonchev–Trinajstić information content (AvgIpc) is 3.80. The second-order valence-electron chi connectivity index (χ2n) is 14.2. The number of rotatable bonds is 6. The zero-order valence-corrected chi connectivity index (χ0v) is 29.9. The van der Waals surface area contributed by atoms with Gasteiger partial charge in [-0.25, -0.2) is 0 Å². The number of anilines is 3. The number of hydrogen-bond donors (Lipinski definition) is 0. The van der Waals surface area contributed by atoms with Gasteiger partial charge >= 0.3 is 0 Å². The molecular weight excluding hydrogens is 669 g/mol. The van der Waals surface area contributed by atoms with Crippen LogP contribution in [0.2, 0.25) is 0 Å². The minimum absolute atomic E-state index is 0.855. The summed E-state index contributed by atoms with van der Waals surface area (Å²) in [6.45, 7) is 0. The van der Waals surface area contributed by atoms with Gasteiger partial charge in [0.05, 0.1) is 16.7 Å². The van der Waals surface area contributed by atoms with Gasteiger partial charge in [0.2, 0.25) is 0 Å². The topological polar surface area (TPSA) is 21.3 Å². The van der Waals surface area contributed by atoms with Gasteiger partial charge in [0.25, 0.3) is 0 Å². The molecule has 0 saturated heterocycles. The predicted octanol–water partition coefficient (Wildman–Crippen LogP) is 14.6. The Kier molecular flexibility index (Phi) is 7.17. The van der Waals surface area contributed by atoms with Crippen molar-refractivity contribution in [1.29, 1.82) is 0 Å². The Morgan fingerprint density at radius 2 is 1.02 bits per heavy atom. The molecule has 11 rings (SSSR count). The van der Waals surface area contributed by atoms with E-state index in [4.69, 9.17) is 4.42 Å². The van der Waals surface area contributed by atoms with Crippen molar-refractivity contribution >= 4 is 71.6 Å². The molecular formula is C52H34N2O. The Balaban J connectivity index is 1.13. The van der Waals surface area contributed by atoms with E-state index >= 15 is 0 Å². The van der Waals surface area contributed by atoms with Gasteiger partial charge in [0, 0.05) is 44.7 Å². The molecule has 55 heavy (non-hydrogen) atoms. The number of benzene rings is 9. The van der Waals surface area contributed by atoms with Crippen LogP contribution >= 0.6 is 0 Å². The van der Waals surface area contributed by atoms with Gasteiger partial charge in [0.1, 0.15) is 11.2 Å². The lowest BCUT2D eigenvalue weighted by atomic mass is 9.97. The van der Waals surface area contributed by atoms with Gasteiger partial charge in [-0.15, -0.1) is 0 Å². The molecule has 3 nitrogen and oxygen atoms in total. The lowest BCUT2D eigenvalue weighted by molar-refractivity contribution is 0.669. The van der Waals surface area contributed by atoms with Crippen LogP contribution in [0, 0.1) is 0 Å². The summed E-state index contributed by atoms with van der Waals surface area (Å²) in [5.41, 5.74) is 13.0. The molecule has 2 heterocycles. The molecule has 0 N–H and O–H groups in total. The number of aromatic nitrogens is 1. The molecule has 9 aromatic carbocycles. The highest BCUT2D eigenvalue weighted by Crippen LogP contribution is 2.44. The molecule has 11 aromatic rings. The van der Waals surface area contributed by atoms with Crippen molar-refractivity contribution in [3.63, 3.8) is 0 Å². The van der Waals surface area contributed by atoms with Crippen molar-refractivity contribution in [1.82, 2.24) is 4.57 Å². The highest BCUT2D eigenvalue weighted by atomic mass is 16.3. The fraction of sp³-hybridized carbons (Fsp3) is 0. The molecule has 0 saturated carbocycles. The minimum atomic E-state index is 0.855. The van der Waals surface area contributed by atoms with Crippen LogP contribution in [0.3, 0.4) is 0 Å². The average molecular weight is 703 g/mol. The first-order valence-electron chi connectivity index (χ1n) is 18.8. The quantitative estimate of drug-likeness (QED) is 0.172. The SMILES string of the molecule is c1ccc(-c2cc(N(c3ccc(-c4ccc5ccccc5c4)cc3)c3cccc(-n4c5ccccc5c5ccccc54)c3)cc3oc4ccccc4c23)cc1. The lowest BCUT2D eigenvalue weighted by Gasteiger charge is -2.27. The monoisotopic (exact) mass is 702 g/mol. The van der Waals surface area contributed by atoms with Gasteiger partial charge < -0.3 is 13.9 Å². The Hall–Kier alpha value is -7.36. The van der Waals surface area contributed by atoms with Crippen molar-refractivity contribution in [3.05, 3.63) is 206 Å². The summed E-state index contributed by atoms with van der Waals surface area (Å²) >= 11 is 0. The maximum absolute atomic E-state index is 6.64. The van der Waals surface area contributed by atoms with Crippen LogP contribution in [0.5, 0.6) is 0 Å². The molecule has 0 radical (unpaired) electrons. The summed E-state index contributed by atoms with van der Waals surface area (Å²) in [6, 6.07) is 74.0. The van der Waals surface area contributed by atoms with E-state index in [1.807, 2.05) is 6.07 Å². The fourth-order valence-corrected chi connectivity index (χ4v) is 8.41. The van der Waals surface area contributed by atoms with Crippen molar-refractivity contribution in [3.8, 4) is 27.9 Å². The van der Waals surface area contributed by atoms with Crippen molar-refractivity contribution < 1.29 is 4.42 Å². The van der Waals surface area contributed by atoms with E-state index in [2.05, 4.69) is 210 Å². The third-order valence-electron chi connectivity index (χ3n) is 10.9. The fourth-order valence-electron chi connectivity index (χ4n) is 8.41. The molecule has 0 fully saturated rings. The van der Waals surface area contributed by atoms with Gasteiger partial charge in [-0.2, -0.15) is 0 Å². The van der Waals surface area contributed by atoms with Crippen LogP contribution in [0.15, 0.2) is 211 Å². The van der Waals surface area contributed by atoms with E-state index in [0.29, 0.717) is 0 Å². The second kappa shape index (κ2) is 12.6. The van der Waals surface area contributed by atoms with E-state index in [1.54, 1.807) is 0 Å². The van der Waals surface area contributed by atoms with Crippen molar-refractivity contribution in [2.45, 2.75) is 0 Å².